The van der Waals surface area contributed by atoms with Crippen LogP contribution in [-0.2, 0) is 6.18 Å². The molecule has 0 saturated carbocycles. The Hall–Kier alpha value is -1.72. The molecule has 0 unspecified atom stereocenters. The van der Waals surface area contributed by atoms with E-state index in [-0.39, 0.29) is 11.3 Å². The average molecular weight is 288 g/mol. The summed E-state index contributed by atoms with van der Waals surface area (Å²) >= 11 is 0. The molecule has 0 aliphatic rings. The normalized spacial score (nSPS) is 12.3. The van der Waals surface area contributed by atoms with E-state index in [4.69, 9.17) is 5.73 Å². The zero-order valence-electron chi connectivity index (χ0n) is 11.8. The van der Waals surface area contributed by atoms with Crippen LogP contribution < -0.4 is 11.1 Å². The first-order valence-corrected chi connectivity index (χ1v) is 6.42. The fourth-order valence-corrected chi connectivity index (χ4v) is 1.70. The molecule has 3 N–H and O–H groups in total. The van der Waals surface area contributed by atoms with Gasteiger partial charge in [-0.3, -0.25) is 4.79 Å². The average Bonchev–Trinajstić information content (AvgIpc) is 2.37. The number of hydrogen-bond donors (Lipinski definition) is 2. The summed E-state index contributed by atoms with van der Waals surface area (Å²) in [5, 5.41) is 2.74. The maximum Gasteiger partial charge on any atom is 0.416 e. The molecule has 20 heavy (non-hydrogen) atoms. The predicted molar refractivity (Wildman–Crippen MR) is 72.3 cm³/mol. The maximum atomic E-state index is 12.7. The number of amides is 1. The lowest BCUT2D eigenvalue weighted by atomic mass is 9.94. The third kappa shape index (κ3) is 3.65. The van der Waals surface area contributed by atoms with E-state index in [0.717, 1.165) is 18.2 Å². The molecule has 3 nitrogen and oxygen atoms in total. The molecule has 0 heterocycles. The van der Waals surface area contributed by atoms with Gasteiger partial charge in [-0.05, 0) is 38.0 Å². The van der Waals surface area contributed by atoms with E-state index in [1.54, 1.807) is 0 Å². The molecule has 112 valence electrons. The van der Waals surface area contributed by atoms with Crippen molar-refractivity contribution in [3.8, 4) is 0 Å². The molecule has 0 fully saturated rings. The van der Waals surface area contributed by atoms with Crippen molar-refractivity contribution < 1.29 is 18.0 Å². The van der Waals surface area contributed by atoms with Crippen LogP contribution in [0.2, 0.25) is 0 Å². The standard InChI is InChI=1S/C14H19F3N2O/c1-4-13(3,5-2)19-12(20)10-8-9(14(15,16)17)6-7-11(10)18/h6-8H,4-5,18H2,1-3H3,(H,19,20). The van der Waals surface area contributed by atoms with Crippen LogP contribution in [0.1, 0.15) is 49.5 Å². The number of benzene rings is 1. The summed E-state index contributed by atoms with van der Waals surface area (Å²) in [4.78, 5) is 12.1. The smallest absolute Gasteiger partial charge is 0.398 e. The Balaban J connectivity index is 3.10. The van der Waals surface area contributed by atoms with Crippen molar-refractivity contribution in [2.75, 3.05) is 5.73 Å². The van der Waals surface area contributed by atoms with E-state index in [0.29, 0.717) is 12.8 Å². The fourth-order valence-electron chi connectivity index (χ4n) is 1.70. The van der Waals surface area contributed by atoms with E-state index in [1.165, 1.54) is 0 Å². The van der Waals surface area contributed by atoms with Crippen LogP contribution in [0.25, 0.3) is 0 Å². The van der Waals surface area contributed by atoms with Gasteiger partial charge < -0.3 is 11.1 Å². The van der Waals surface area contributed by atoms with Crippen molar-refractivity contribution in [1.29, 1.82) is 0 Å². The van der Waals surface area contributed by atoms with Crippen LogP contribution in [0.5, 0.6) is 0 Å². The van der Waals surface area contributed by atoms with Crippen LogP contribution in [0, 0.1) is 0 Å². The summed E-state index contributed by atoms with van der Waals surface area (Å²) in [7, 11) is 0. The molecular formula is C14H19F3N2O. The molecule has 0 saturated heterocycles. The highest BCUT2D eigenvalue weighted by Crippen LogP contribution is 2.31. The Bertz CT molecular complexity index is 494. The number of alkyl halides is 3. The third-order valence-corrected chi connectivity index (χ3v) is 3.60. The summed E-state index contributed by atoms with van der Waals surface area (Å²) in [5.41, 5.74) is 4.15. The minimum atomic E-state index is -4.50. The van der Waals surface area contributed by atoms with Crippen LogP contribution in [0.3, 0.4) is 0 Å². The molecular weight excluding hydrogens is 269 g/mol. The Kier molecular flexibility index (Phi) is 4.68. The zero-order valence-corrected chi connectivity index (χ0v) is 11.8. The first-order valence-electron chi connectivity index (χ1n) is 6.42. The quantitative estimate of drug-likeness (QED) is 0.832. The van der Waals surface area contributed by atoms with Gasteiger partial charge in [0.1, 0.15) is 0 Å². The van der Waals surface area contributed by atoms with Gasteiger partial charge >= 0.3 is 6.18 Å². The van der Waals surface area contributed by atoms with E-state index in [1.807, 2.05) is 20.8 Å². The van der Waals surface area contributed by atoms with E-state index < -0.39 is 23.2 Å². The SMILES string of the molecule is CCC(C)(CC)NC(=O)c1cc(C(F)(F)F)ccc1N. The number of halogens is 3. The number of nitrogens with one attached hydrogen (secondary N) is 1. The highest BCUT2D eigenvalue weighted by Gasteiger charge is 2.32. The number of carbonyl (C=O) groups is 1. The monoisotopic (exact) mass is 288 g/mol. The van der Waals surface area contributed by atoms with Crippen molar-refractivity contribution in [1.82, 2.24) is 5.32 Å². The largest absolute Gasteiger partial charge is 0.416 e. The molecule has 0 atom stereocenters. The molecule has 6 heteroatoms. The number of hydrogen-bond acceptors (Lipinski definition) is 2. The van der Waals surface area contributed by atoms with Gasteiger partial charge in [0.15, 0.2) is 0 Å². The topological polar surface area (TPSA) is 55.1 Å². The molecule has 1 aromatic carbocycles. The Morgan fingerprint density at radius 1 is 1.25 bits per heavy atom. The highest BCUT2D eigenvalue weighted by molar-refractivity contribution is 5.99. The summed E-state index contributed by atoms with van der Waals surface area (Å²) in [6.45, 7) is 5.65. The van der Waals surface area contributed by atoms with Gasteiger partial charge in [-0.15, -0.1) is 0 Å². The zero-order chi connectivity index (χ0) is 15.6. The van der Waals surface area contributed by atoms with Crippen molar-refractivity contribution in [3.63, 3.8) is 0 Å². The van der Waals surface area contributed by atoms with Gasteiger partial charge in [0.2, 0.25) is 0 Å². The first kappa shape index (κ1) is 16.3. The molecule has 0 spiro atoms. The van der Waals surface area contributed by atoms with E-state index in [2.05, 4.69) is 5.32 Å². The highest BCUT2D eigenvalue weighted by atomic mass is 19.4. The van der Waals surface area contributed by atoms with Crippen molar-refractivity contribution in [2.45, 2.75) is 45.3 Å². The van der Waals surface area contributed by atoms with E-state index in [9.17, 15) is 18.0 Å². The van der Waals surface area contributed by atoms with Gasteiger partial charge in [0, 0.05) is 11.2 Å². The molecule has 0 bridgehead atoms. The van der Waals surface area contributed by atoms with Gasteiger partial charge in [-0.1, -0.05) is 13.8 Å². The fraction of sp³-hybridized carbons (Fsp3) is 0.500. The van der Waals surface area contributed by atoms with Gasteiger partial charge in [-0.2, -0.15) is 13.2 Å². The Labute approximate surface area is 116 Å². The Morgan fingerprint density at radius 2 is 1.80 bits per heavy atom. The molecule has 0 aliphatic carbocycles. The van der Waals surface area contributed by atoms with Crippen molar-refractivity contribution in [3.05, 3.63) is 29.3 Å². The second kappa shape index (κ2) is 5.73. The molecule has 0 radical (unpaired) electrons. The van der Waals surface area contributed by atoms with Gasteiger partial charge in [-0.25, -0.2) is 0 Å². The van der Waals surface area contributed by atoms with Crippen molar-refractivity contribution >= 4 is 11.6 Å². The summed E-state index contributed by atoms with van der Waals surface area (Å²) in [6.07, 6.45) is -3.15. The summed E-state index contributed by atoms with van der Waals surface area (Å²) in [6, 6.07) is 2.76. The number of nitrogens with two attached hydrogens (primary N) is 1. The predicted octanol–water partition coefficient (Wildman–Crippen LogP) is 3.60. The molecule has 1 amide bonds. The molecule has 1 rings (SSSR count). The number of rotatable bonds is 4. The molecule has 0 aliphatic heterocycles. The first-order chi connectivity index (χ1) is 9.13. The van der Waals surface area contributed by atoms with Gasteiger partial charge in [0.25, 0.3) is 5.91 Å². The minimum absolute atomic E-state index is 0.0325. The summed E-state index contributed by atoms with van der Waals surface area (Å²) in [5.74, 6) is -0.584. The second-order valence-corrected chi connectivity index (χ2v) is 5.02. The number of nitrogen functional groups attached to an aromatic ring is 1. The molecule has 1 aromatic rings. The lowest BCUT2D eigenvalue weighted by molar-refractivity contribution is -0.137. The summed E-state index contributed by atoms with van der Waals surface area (Å²) < 4.78 is 38.0. The maximum absolute atomic E-state index is 12.7. The van der Waals surface area contributed by atoms with Crippen LogP contribution in [-0.4, -0.2) is 11.4 Å². The second-order valence-electron chi connectivity index (χ2n) is 5.02. The number of carbonyl (C=O) groups excluding carboxylic acids is 1. The minimum Gasteiger partial charge on any atom is -0.398 e. The van der Waals surface area contributed by atoms with Crippen LogP contribution in [0.4, 0.5) is 18.9 Å². The third-order valence-electron chi connectivity index (χ3n) is 3.60. The van der Waals surface area contributed by atoms with Crippen molar-refractivity contribution in [2.24, 2.45) is 0 Å². The van der Waals surface area contributed by atoms with Gasteiger partial charge in [0.05, 0.1) is 11.1 Å². The van der Waals surface area contributed by atoms with Crippen LogP contribution in [0.15, 0.2) is 18.2 Å². The Morgan fingerprint density at radius 3 is 2.25 bits per heavy atom. The lowest BCUT2D eigenvalue weighted by Gasteiger charge is -2.28. The van der Waals surface area contributed by atoms with Crippen LogP contribution >= 0.6 is 0 Å². The van der Waals surface area contributed by atoms with E-state index >= 15 is 0 Å². The lowest BCUT2D eigenvalue weighted by Crippen LogP contribution is -2.45. The number of anilines is 1. The molecule has 0 aromatic heterocycles.